The van der Waals surface area contributed by atoms with Crippen LogP contribution in [0.5, 0.6) is 5.75 Å². The average Bonchev–Trinajstić information content (AvgIpc) is 2.95. The Morgan fingerprint density at radius 1 is 1.14 bits per heavy atom. The number of carbonyl (C=O) groups excluding carboxylic acids is 1. The minimum absolute atomic E-state index is 0.0820. The van der Waals surface area contributed by atoms with E-state index < -0.39 is 42.1 Å². The van der Waals surface area contributed by atoms with E-state index in [9.17, 15) is 23.1 Å². The fourth-order valence-electron chi connectivity index (χ4n) is 3.45. The molecule has 0 saturated carbocycles. The number of alkyl halides is 3. The van der Waals surface area contributed by atoms with Crippen LogP contribution in [0, 0.1) is 0 Å². The lowest BCUT2D eigenvalue weighted by Crippen LogP contribution is -2.41. The van der Waals surface area contributed by atoms with Crippen molar-refractivity contribution in [2.24, 2.45) is 0 Å². The maximum atomic E-state index is 14.2. The monoisotopic (exact) mass is 498 g/mol. The topological polar surface area (TPSA) is 74.2 Å². The summed E-state index contributed by atoms with van der Waals surface area (Å²) in [5, 5.41) is 10.5. The van der Waals surface area contributed by atoms with E-state index in [4.69, 9.17) is 18.8 Å². The Balaban J connectivity index is 2.45. The van der Waals surface area contributed by atoms with Crippen LogP contribution < -0.4 is 4.74 Å². The quantitative estimate of drug-likeness (QED) is 0.198. The van der Waals surface area contributed by atoms with Gasteiger partial charge in [0.25, 0.3) is 0 Å². The maximum absolute atomic E-state index is 14.2. The molecular formula is C25H34BF3O6. The molecule has 194 valence electrons. The van der Waals surface area contributed by atoms with Gasteiger partial charge in [0.2, 0.25) is 0 Å². The summed E-state index contributed by atoms with van der Waals surface area (Å²) in [6, 6.07) is 6.35. The van der Waals surface area contributed by atoms with E-state index in [0.717, 1.165) is 6.08 Å². The molecule has 1 unspecified atom stereocenters. The lowest BCUT2D eigenvalue weighted by Gasteiger charge is -2.32. The van der Waals surface area contributed by atoms with Crippen LogP contribution in [0.1, 0.15) is 60.5 Å². The van der Waals surface area contributed by atoms with E-state index >= 15 is 0 Å². The molecule has 1 aliphatic heterocycles. The van der Waals surface area contributed by atoms with Gasteiger partial charge in [-0.2, -0.15) is 13.2 Å². The Kier molecular flexibility index (Phi) is 9.11. The second-order valence-electron chi connectivity index (χ2n) is 9.29. The van der Waals surface area contributed by atoms with E-state index in [-0.39, 0.29) is 36.4 Å². The van der Waals surface area contributed by atoms with Gasteiger partial charge in [0.05, 0.1) is 35.6 Å². The molecule has 10 heteroatoms. The molecule has 2 rings (SSSR count). The van der Waals surface area contributed by atoms with Gasteiger partial charge < -0.3 is 23.9 Å². The van der Waals surface area contributed by atoms with Gasteiger partial charge in [0.1, 0.15) is 11.9 Å². The van der Waals surface area contributed by atoms with E-state index in [2.05, 4.69) is 0 Å². The number of esters is 1. The zero-order chi connectivity index (χ0) is 26.6. The molecule has 1 aliphatic rings. The predicted molar refractivity (Wildman–Crippen MR) is 127 cm³/mol. The highest BCUT2D eigenvalue weighted by Crippen LogP contribution is 2.41. The Bertz CT molecular complexity index is 952. The van der Waals surface area contributed by atoms with Gasteiger partial charge in [-0.25, -0.2) is 0 Å². The van der Waals surface area contributed by atoms with Crippen LogP contribution >= 0.6 is 0 Å². The van der Waals surface area contributed by atoms with Crippen molar-refractivity contribution in [2.75, 3.05) is 6.61 Å². The highest BCUT2D eigenvalue weighted by molar-refractivity contribution is 6.55. The summed E-state index contributed by atoms with van der Waals surface area (Å²) in [4.78, 5) is 11.9. The summed E-state index contributed by atoms with van der Waals surface area (Å²) in [7, 11) is -1.19. The largest absolute Gasteiger partial charge is 0.513 e. The van der Waals surface area contributed by atoms with Gasteiger partial charge >= 0.3 is 19.3 Å². The molecule has 6 nitrogen and oxygen atoms in total. The zero-order valence-corrected chi connectivity index (χ0v) is 21.3. The van der Waals surface area contributed by atoms with Crippen molar-refractivity contribution in [3.63, 3.8) is 0 Å². The van der Waals surface area contributed by atoms with Crippen molar-refractivity contribution in [1.29, 1.82) is 0 Å². The number of aliphatic hydroxyl groups excluding tert-OH is 1. The van der Waals surface area contributed by atoms with Crippen LogP contribution in [0.4, 0.5) is 13.2 Å². The SMILES string of the molecule is CCOC(=O)Cc1ccccc1OC(C)/C(=C/C(B1OC(C)(C)C(C)(C)O1)=C(/O)CC)C(F)(F)F. The summed E-state index contributed by atoms with van der Waals surface area (Å²) in [5.41, 5.74) is -2.37. The molecule has 0 bridgehead atoms. The highest BCUT2D eigenvalue weighted by Gasteiger charge is 2.53. The van der Waals surface area contributed by atoms with Gasteiger partial charge in [-0.3, -0.25) is 4.79 Å². The Hall–Kier alpha value is -2.46. The molecule has 1 N–H and O–H groups in total. The fraction of sp³-hybridized carbons (Fsp3) is 0.560. The van der Waals surface area contributed by atoms with Crippen molar-refractivity contribution in [2.45, 2.75) is 84.8 Å². The number of carbonyl (C=O) groups is 1. The highest BCUT2D eigenvalue weighted by atomic mass is 19.4. The molecule has 35 heavy (non-hydrogen) atoms. The molecule has 1 aromatic rings. The molecule has 0 aromatic heterocycles. The third-order valence-corrected chi connectivity index (χ3v) is 6.17. The van der Waals surface area contributed by atoms with Crippen LogP contribution in [-0.2, 0) is 25.3 Å². The molecule has 1 heterocycles. The minimum atomic E-state index is -4.78. The predicted octanol–water partition coefficient (Wildman–Crippen LogP) is 5.90. The van der Waals surface area contributed by atoms with E-state index in [0.29, 0.717) is 5.56 Å². The van der Waals surface area contributed by atoms with Crippen molar-refractivity contribution in [1.82, 2.24) is 0 Å². The number of aliphatic hydroxyl groups is 1. The number of para-hydroxylation sites is 1. The first-order valence-corrected chi connectivity index (χ1v) is 11.6. The first-order chi connectivity index (χ1) is 16.1. The molecule has 1 fully saturated rings. The van der Waals surface area contributed by atoms with Crippen molar-refractivity contribution in [3.8, 4) is 5.75 Å². The molecule has 1 saturated heterocycles. The van der Waals surface area contributed by atoms with Gasteiger partial charge in [-0.1, -0.05) is 25.1 Å². The molecule has 0 spiro atoms. The lowest BCUT2D eigenvalue weighted by molar-refractivity contribution is -0.142. The molecule has 0 amide bonds. The summed E-state index contributed by atoms with van der Waals surface area (Å²) < 4.78 is 65.0. The minimum Gasteiger partial charge on any atom is -0.513 e. The summed E-state index contributed by atoms with van der Waals surface area (Å²) in [6.45, 7) is 11.8. The van der Waals surface area contributed by atoms with Crippen molar-refractivity contribution >= 4 is 13.1 Å². The molecule has 0 radical (unpaired) electrons. The summed E-state index contributed by atoms with van der Waals surface area (Å²) >= 11 is 0. The van der Waals surface area contributed by atoms with Gasteiger partial charge in [0.15, 0.2) is 0 Å². The fourth-order valence-corrected chi connectivity index (χ4v) is 3.45. The third kappa shape index (κ3) is 7.04. The van der Waals surface area contributed by atoms with Crippen LogP contribution in [0.25, 0.3) is 0 Å². The van der Waals surface area contributed by atoms with E-state index in [1.807, 2.05) is 0 Å². The van der Waals surface area contributed by atoms with Gasteiger partial charge in [-0.05, 0) is 53.7 Å². The molecule has 1 aromatic carbocycles. The Morgan fingerprint density at radius 3 is 2.23 bits per heavy atom. The first-order valence-electron chi connectivity index (χ1n) is 11.6. The second-order valence-corrected chi connectivity index (χ2v) is 9.29. The number of rotatable bonds is 9. The molecule has 0 aliphatic carbocycles. The average molecular weight is 498 g/mol. The van der Waals surface area contributed by atoms with Crippen LogP contribution in [-0.4, -0.2) is 48.3 Å². The number of halogens is 3. The third-order valence-electron chi connectivity index (χ3n) is 6.17. The van der Waals surface area contributed by atoms with Crippen LogP contribution in [0.15, 0.2) is 47.1 Å². The number of ether oxygens (including phenoxy) is 2. The zero-order valence-electron chi connectivity index (χ0n) is 21.3. The number of hydrogen-bond donors (Lipinski definition) is 1. The van der Waals surface area contributed by atoms with Crippen LogP contribution in [0.3, 0.4) is 0 Å². The summed E-state index contributed by atoms with van der Waals surface area (Å²) in [6.07, 6.45) is -5.48. The first kappa shape index (κ1) is 28.8. The van der Waals surface area contributed by atoms with Gasteiger partial charge in [0, 0.05) is 17.5 Å². The second kappa shape index (κ2) is 11.1. The summed E-state index contributed by atoms with van der Waals surface area (Å²) in [5.74, 6) is -0.661. The van der Waals surface area contributed by atoms with E-state index in [1.54, 1.807) is 59.7 Å². The van der Waals surface area contributed by atoms with E-state index in [1.165, 1.54) is 13.0 Å². The Morgan fingerprint density at radius 2 is 1.71 bits per heavy atom. The smallest absolute Gasteiger partial charge is 0.498 e. The lowest BCUT2D eigenvalue weighted by atomic mass is 9.75. The standard InChI is InChI=1S/C25H34BF3O6/c1-8-20(30)19(26-34-23(4,5)24(6,7)35-26)15-18(25(27,28)29)16(3)33-21-13-11-10-12-17(21)14-22(31)32-9-2/h10-13,15-16,30H,8-9,14H2,1-7H3/b18-15-,20-19-. The number of hydrogen-bond acceptors (Lipinski definition) is 6. The maximum Gasteiger partial charge on any atom is 0.498 e. The molecular weight excluding hydrogens is 464 g/mol. The number of benzene rings is 1. The van der Waals surface area contributed by atoms with Crippen molar-refractivity contribution < 1.29 is 41.9 Å². The molecule has 1 atom stereocenters. The Labute approximate surface area is 205 Å². The van der Waals surface area contributed by atoms with Gasteiger partial charge in [-0.15, -0.1) is 0 Å². The van der Waals surface area contributed by atoms with Crippen LogP contribution in [0.2, 0.25) is 0 Å². The van der Waals surface area contributed by atoms with Crippen molar-refractivity contribution in [3.05, 3.63) is 52.7 Å². The normalized spacial score (nSPS) is 19.3. The number of allylic oxidation sites excluding steroid dienone is 3.